The molecule has 0 spiro atoms. The van der Waals surface area contributed by atoms with E-state index >= 15 is 0 Å². The van der Waals surface area contributed by atoms with Crippen molar-refractivity contribution in [3.63, 3.8) is 0 Å². The van der Waals surface area contributed by atoms with Gasteiger partial charge in [-0.3, -0.25) is 0 Å². The van der Waals surface area contributed by atoms with Crippen LogP contribution in [0.2, 0.25) is 0 Å². The minimum Gasteiger partial charge on any atom is -0.314 e. The predicted octanol–water partition coefficient (Wildman–Crippen LogP) is 1.82. The minimum absolute atomic E-state index is 0. The van der Waals surface area contributed by atoms with Crippen molar-refractivity contribution in [1.29, 1.82) is 0 Å². The minimum atomic E-state index is 0. The molecule has 1 fully saturated rings. The van der Waals surface area contributed by atoms with E-state index in [1.54, 1.807) is 0 Å². The predicted molar refractivity (Wildman–Crippen MR) is 43.1 cm³/mol. The van der Waals surface area contributed by atoms with Gasteiger partial charge in [-0.1, -0.05) is 13.8 Å². The number of hydrogen-bond acceptors (Lipinski definition) is 1. The molecule has 1 aliphatic rings. The third-order valence-corrected chi connectivity index (χ3v) is 2.13. The van der Waals surface area contributed by atoms with E-state index in [0.717, 1.165) is 12.0 Å². The van der Waals surface area contributed by atoms with Crippen LogP contribution in [0.4, 0.5) is 0 Å². The highest BCUT2D eigenvalue weighted by molar-refractivity contribution is 5.85. The van der Waals surface area contributed by atoms with E-state index < -0.39 is 0 Å². The lowest BCUT2D eigenvalue weighted by Gasteiger charge is -2.10. The fraction of sp³-hybridized carbons (Fsp3) is 1.00. The number of nitrogens with one attached hydrogen (secondary N) is 1. The van der Waals surface area contributed by atoms with Crippen LogP contribution in [0.3, 0.4) is 0 Å². The first-order valence-corrected chi connectivity index (χ1v) is 3.58. The standard InChI is InChI=1S/C7H15N.ClH/c1-3-7-6(2)4-5-8-7;/h6-8H,3-5H2,1-2H3;1H. The van der Waals surface area contributed by atoms with Gasteiger partial charge in [0.05, 0.1) is 0 Å². The molecule has 0 aromatic rings. The van der Waals surface area contributed by atoms with E-state index in [4.69, 9.17) is 0 Å². The molecule has 0 aromatic heterocycles. The van der Waals surface area contributed by atoms with Gasteiger partial charge in [-0.05, 0) is 25.3 Å². The topological polar surface area (TPSA) is 12.0 Å². The van der Waals surface area contributed by atoms with E-state index in [-0.39, 0.29) is 12.4 Å². The Hall–Kier alpha value is 0.250. The second kappa shape index (κ2) is 4.13. The lowest BCUT2D eigenvalue weighted by Crippen LogP contribution is -2.24. The molecule has 0 aliphatic carbocycles. The molecule has 1 heterocycles. The Balaban J connectivity index is 0.000000640. The second-order valence-corrected chi connectivity index (χ2v) is 2.73. The molecule has 0 saturated carbocycles. The molecule has 0 aromatic carbocycles. The highest BCUT2D eigenvalue weighted by Crippen LogP contribution is 2.15. The van der Waals surface area contributed by atoms with Crippen LogP contribution < -0.4 is 5.32 Å². The van der Waals surface area contributed by atoms with Crippen LogP contribution in [0.1, 0.15) is 26.7 Å². The monoisotopic (exact) mass is 149 g/mol. The Morgan fingerprint density at radius 3 is 2.44 bits per heavy atom. The average molecular weight is 150 g/mol. The van der Waals surface area contributed by atoms with Crippen LogP contribution in [0.15, 0.2) is 0 Å². The highest BCUT2D eigenvalue weighted by atomic mass is 35.5. The average Bonchev–Trinajstić information content (AvgIpc) is 2.14. The Morgan fingerprint density at radius 1 is 1.56 bits per heavy atom. The van der Waals surface area contributed by atoms with Crippen molar-refractivity contribution in [2.24, 2.45) is 5.92 Å². The van der Waals surface area contributed by atoms with Gasteiger partial charge in [0.1, 0.15) is 0 Å². The van der Waals surface area contributed by atoms with Crippen molar-refractivity contribution in [2.75, 3.05) is 6.54 Å². The van der Waals surface area contributed by atoms with Gasteiger partial charge in [0.2, 0.25) is 0 Å². The smallest absolute Gasteiger partial charge is 0.00905 e. The molecular formula is C7H16ClN. The molecular weight excluding hydrogens is 134 g/mol. The first-order valence-electron chi connectivity index (χ1n) is 3.58. The summed E-state index contributed by atoms with van der Waals surface area (Å²) in [5, 5.41) is 3.46. The van der Waals surface area contributed by atoms with Gasteiger partial charge >= 0.3 is 0 Å². The number of hydrogen-bond donors (Lipinski definition) is 1. The fourth-order valence-corrected chi connectivity index (χ4v) is 1.45. The van der Waals surface area contributed by atoms with Gasteiger partial charge in [-0.15, -0.1) is 12.4 Å². The first kappa shape index (κ1) is 9.25. The number of halogens is 1. The summed E-state index contributed by atoms with van der Waals surface area (Å²) in [6, 6.07) is 0.815. The summed E-state index contributed by atoms with van der Waals surface area (Å²) in [4.78, 5) is 0. The summed E-state index contributed by atoms with van der Waals surface area (Å²) in [7, 11) is 0. The summed E-state index contributed by atoms with van der Waals surface area (Å²) in [6.45, 7) is 5.81. The largest absolute Gasteiger partial charge is 0.314 e. The van der Waals surface area contributed by atoms with Gasteiger partial charge < -0.3 is 5.32 Å². The van der Waals surface area contributed by atoms with Crippen molar-refractivity contribution in [2.45, 2.75) is 32.7 Å². The molecule has 56 valence electrons. The maximum absolute atomic E-state index is 3.46. The van der Waals surface area contributed by atoms with Crippen LogP contribution in [0, 0.1) is 5.92 Å². The summed E-state index contributed by atoms with van der Waals surface area (Å²) < 4.78 is 0. The Bertz CT molecular complexity index is 75.3. The Labute approximate surface area is 63.6 Å². The van der Waals surface area contributed by atoms with Crippen molar-refractivity contribution in [1.82, 2.24) is 5.32 Å². The van der Waals surface area contributed by atoms with Crippen molar-refractivity contribution < 1.29 is 0 Å². The zero-order valence-corrected chi connectivity index (χ0v) is 7.00. The summed E-state index contributed by atoms with van der Waals surface area (Å²) in [6.07, 6.45) is 2.67. The third-order valence-electron chi connectivity index (χ3n) is 2.13. The van der Waals surface area contributed by atoms with Gasteiger partial charge in [0, 0.05) is 6.04 Å². The first-order chi connectivity index (χ1) is 3.84. The lowest BCUT2D eigenvalue weighted by atomic mass is 10.0. The third kappa shape index (κ3) is 2.15. The molecule has 2 atom stereocenters. The quantitative estimate of drug-likeness (QED) is 0.600. The zero-order chi connectivity index (χ0) is 5.98. The van der Waals surface area contributed by atoms with Crippen LogP contribution in [0.5, 0.6) is 0 Å². The Morgan fingerprint density at radius 2 is 2.22 bits per heavy atom. The molecule has 1 aliphatic heterocycles. The van der Waals surface area contributed by atoms with Crippen molar-refractivity contribution >= 4 is 12.4 Å². The highest BCUT2D eigenvalue weighted by Gasteiger charge is 2.19. The van der Waals surface area contributed by atoms with E-state index in [2.05, 4.69) is 19.2 Å². The van der Waals surface area contributed by atoms with E-state index in [1.807, 2.05) is 0 Å². The molecule has 9 heavy (non-hydrogen) atoms. The van der Waals surface area contributed by atoms with E-state index in [1.165, 1.54) is 19.4 Å². The van der Waals surface area contributed by atoms with Gasteiger partial charge in [0.25, 0.3) is 0 Å². The maximum atomic E-state index is 3.46. The van der Waals surface area contributed by atoms with E-state index in [0.29, 0.717) is 0 Å². The molecule has 0 radical (unpaired) electrons. The lowest BCUT2D eigenvalue weighted by molar-refractivity contribution is 0.470. The second-order valence-electron chi connectivity index (χ2n) is 2.73. The molecule has 1 saturated heterocycles. The SMILES string of the molecule is CCC1NCCC1C.Cl. The van der Waals surface area contributed by atoms with Gasteiger partial charge in [-0.25, -0.2) is 0 Å². The molecule has 1 N–H and O–H groups in total. The number of rotatable bonds is 1. The molecule has 2 unspecified atom stereocenters. The van der Waals surface area contributed by atoms with Crippen LogP contribution >= 0.6 is 12.4 Å². The molecule has 2 heteroatoms. The molecule has 1 nitrogen and oxygen atoms in total. The maximum Gasteiger partial charge on any atom is 0.00905 e. The van der Waals surface area contributed by atoms with Crippen molar-refractivity contribution in [3.8, 4) is 0 Å². The van der Waals surface area contributed by atoms with Crippen molar-refractivity contribution in [3.05, 3.63) is 0 Å². The van der Waals surface area contributed by atoms with Crippen LogP contribution in [0.25, 0.3) is 0 Å². The molecule has 0 bridgehead atoms. The fourth-order valence-electron chi connectivity index (χ4n) is 1.45. The normalized spacial score (nSPS) is 34.0. The summed E-state index contributed by atoms with van der Waals surface area (Å²) in [5.41, 5.74) is 0. The molecule has 1 rings (SSSR count). The summed E-state index contributed by atoms with van der Waals surface area (Å²) in [5.74, 6) is 0.917. The zero-order valence-electron chi connectivity index (χ0n) is 6.18. The Kier molecular flexibility index (Phi) is 4.24. The van der Waals surface area contributed by atoms with Crippen LogP contribution in [-0.4, -0.2) is 12.6 Å². The molecule has 0 amide bonds. The van der Waals surface area contributed by atoms with E-state index in [9.17, 15) is 0 Å². The summed E-state index contributed by atoms with van der Waals surface area (Å²) >= 11 is 0. The van der Waals surface area contributed by atoms with Gasteiger partial charge in [0.15, 0.2) is 0 Å². The van der Waals surface area contributed by atoms with Gasteiger partial charge in [-0.2, -0.15) is 0 Å². The van der Waals surface area contributed by atoms with Crippen LogP contribution in [-0.2, 0) is 0 Å².